The largest absolute Gasteiger partial charge is 0.474 e. The number of halogens is 3. The SMILES string of the molecule is O=C(Cn1cnc2ccccc21)N1CCC(Oc2ccc(C(F)(F)F)cn2)CC1. The van der Waals surface area contributed by atoms with Crippen LogP contribution in [0, 0.1) is 0 Å². The molecule has 1 aromatic carbocycles. The smallest absolute Gasteiger partial charge is 0.417 e. The van der Waals surface area contributed by atoms with Crippen LogP contribution in [0.5, 0.6) is 5.88 Å². The number of imidazole rings is 1. The molecule has 3 aromatic rings. The van der Waals surface area contributed by atoms with Crippen LogP contribution in [-0.4, -0.2) is 44.5 Å². The van der Waals surface area contributed by atoms with Crippen LogP contribution >= 0.6 is 0 Å². The van der Waals surface area contributed by atoms with E-state index in [0.717, 1.165) is 23.3 Å². The first-order valence-corrected chi connectivity index (χ1v) is 9.28. The molecule has 1 aliphatic heterocycles. The van der Waals surface area contributed by atoms with E-state index < -0.39 is 11.7 Å². The van der Waals surface area contributed by atoms with Gasteiger partial charge in [-0.15, -0.1) is 0 Å². The minimum absolute atomic E-state index is 0.000687. The number of hydrogen-bond acceptors (Lipinski definition) is 4. The van der Waals surface area contributed by atoms with E-state index in [1.165, 1.54) is 6.07 Å². The molecule has 1 saturated heterocycles. The van der Waals surface area contributed by atoms with Gasteiger partial charge in [-0.2, -0.15) is 13.2 Å². The van der Waals surface area contributed by atoms with Crippen molar-refractivity contribution >= 4 is 16.9 Å². The predicted octanol–water partition coefficient (Wildman–Crippen LogP) is 3.52. The van der Waals surface area contributed by atoms with Crippen LogP contribution in [0.2, 0.25) is 0 Å². The number of nitrogens with zero attached hydrogens (tertiary/aromatic N) is 4. The maximum atomic E-state index is 12.6. The Bertz CT molecular complexity index is 993. The fourth-order valence-corrected chi connectivity index (χ4v) is 3.39. The molecule has 0 aliphatic carbocycles. The number of fused-ring (bicyclic) bond motifs is 1. The lowest BCUT2D eigenvalue weighted by Gasteiger charge is -2.32. The summed E-state index contributed by atoms with van der Waals surface area (Å²) in [5, 5.41) is 0. The van der Waals surface area contributed by atoms with Crippen molar-refractivity contribution in [2.24, 2.45) is 0 Å². The third-order valence-corrected chi connectivity index (χ3v) is 4.98. The van der Waals surface area contributed by atoms with Crippen molar-refractivity contribution < 1.29 is 22.7 Å². The van der Waals surface area contributed by atoms with Crippen LogP contribution in [0.25, 0.3) is 11.0 Å². The van der Waals surface area contributed by atoms with Crippen LogP contribution in [0.3, 0.4) is 0 Å². The summed E-state index contributed by atoms with van der Waals surface area (Å²) in [5.74, 6) is 0.159. The van der Waals surface area contributed by atoms with E-state index in [9.17, 15) is 18.0 Å². The van der Waals surface area contributed by atoms with Gasteiger partial charge in [0.2, 0.25) is 11.8 Å². The number of benzene rings is 1. The normalized spacial score (nSPS) is 15.6. The Hall–Kier alpha value is -3.10. The third-order valence-electron chi connectivity index (χ3n) is 4.98. The summed E-state index contributed by atoms with van der Waals surface area (Å²) in [6, 6.07) is 9.81. The molecule has 0 bridgehead atoms. The topological polar surface area (TPSA) is 60.2 Å². The van der Waals surface area contributed by atoms with Crippen LogP contribution < -0.4 is 4.74 Å². The van der Waals surface area contributed by atoms with E-state index in [1.54, 1.807) is 11.2 Å². The van der Waals surface area contributed by atoms with Crippen LogP contribution in [0.1, 0.15) is 18.4 Å². The van der Waals surface area contributed by atoms with Gasteiger partial charge in [-0.05, 0) is 18.2 Å². The van der Waals surface area contributed by atoms with Crippen molar-refractivity contribution in [3.63, 3.8) is 0 Å². The highest BCUT2D eigenvalue weighted by Gasteiger charge is 2.31. The van der Waals surface area contributed by atoms with Crippen LogP contribution in [-0.2, 0) is 17.5 Å². The second-order valence-corrected chi connectivity index (χ2v) is 6.94. The fourth-order valence-electron chi connectivity index (χ4n) is 3.39. The molecule has 152 valence electrons. The van der Waals surface area contributed by atoms with Gasteiger partial charge in [0.05, 0.1) is 22.9 Å². The Morgan fingerprint density at radius 1 is 1.10 bits per heavy atom. The second-order valence-electron chi connectivity index (χ2n) is 6.94. The highest BCUT2D eigenvalue weighted by Crippen LogP contribution is 2.29. The first-order chi connectivity index (χ1) is 13.9. The first-order valence-electron chi connectivity index (χ1n) is 9.28. The Kier molecular flexibility index (Phi) is 5.12. The van der Waals surface area contributed by atoms with Gasteiger partial charge in [0, 0.05) is 38.2 Å². The molecule has 1 fully saturated rings. The molecule has 1 aliphatic rings. The van der Waals surface area contributed by atoms with Crippen molar-refractivity contribution in [2.45, 2.75) is 31.7 Å². The molecule has 0 spiro atoms. The molecule has 1 amide bonds. The predicted molar refractivity (Wildman–Crippen MR) is 99.2 cm³/mol. The minimum Gasteiger partial charge on any atom is -0.474 e. The number of aromatic nitrogens is 3. The molecule has 0 N–H and O–H groups in total. The van der Waals surface area contributed by atoms with Crippen molar-refractivity contribution in [2.75, 3.05) is 13.1 Å². The van der Waals surface area contributed by atoms with Crippen molar-refractivity contribution in [3.8, 4) is 5.88 Å². The summed E-state index contributed by atoms with van der Waals surface area (Å²) in [6.07, 6.45) is -0.980. The molecule has 29 heavy (non-hydrogen) atoms. The monoisotopic (exact) mass is 404 g/mol. The molecule has 4 rings (SSSR count). The average molecular weight is 404 g/mol. The molecule has 0 atom stereocenters. The Morgan fingerprint density at radius 2 is 1.86 bits per heavy atom. The maximum absolute atomic E-state index is 12.6. The summed E-state index contributed by atoms with van der Waals surface area (Å²) < 4.78 is 45.3. The number of amides is 1. The lowest BCUT2D eigenvalue weighted by Crippen LogP contribution is -2.43. The quantitative estimate of drug-likeness (QED) is 0.668. The number of para-hydroxylation sites is 2. The summed E-state index contributed by atoms with van der Waals surface area (Å²) in [6.45, 7) is 1.26. The van der Waals surface area contributed by atoms with Gasteiger partial charge in [-0.25, -0.2) is 9.97 Å². The van der Waals surface area contributed by atoms with Crippen LogP contribution in [0.4, 0.5) is 13.2 Å². The number of likely N-dealkylation sites (tertiary alicyclic amines) is 1. The molecule has 9 heteroatoms. The number of rotatable bonds is 4. The van der Waals surface area contributed by atoms with Gasteiger partial charge in [-0.1, -0.05) is 12.1 Å². The average Bonchev–Trinajstić information content (AvgIpc) is 3.11. The Morgan fingerprint density at radius 3 is 2.55 bits per heavy atom. The zero-order valence-electron chi connectivity index (χ0n) is 15.5. The summed E-state index contributed by atoms with van der Waals surface area (Å²) in [4.78, 5) is 22.4. The number of pyridine rings is 1. The molecule has 2 aromatic heterocycles. The molecule has 0 radical (unpaired) electrons. The Balaban J connectivity index is 1.30. The molecular formula is C20H19F3N4O2. The molecule has 6 nitrogen and oxygen atoms in total. The van der Waals surface area contributed by atoms with Gasteiger partial charge >= 0.3 is 6.18 Å². The van der Waals surface area contributed by atoms with E-state index in [4.69, 9.17) is 4.74 Å². The second kappa shape index (κ2) is 7.73. The summed E-state index contributed by atoms with van der Waals surface area (Å²) in [5.41, 5.74) is 0.946. The van der Waals surface area contributed by atoms with Crippen molar-refractivity contribution in [3.05, 3.63) is 54.5 Å². The minimum atomic E-state index is -4.42. The first kappa shape index (κ1) is 19.2. The lowest BCUT2D eigenvalue weighted by molar-refractivity contribution is -0.137. The molecular weight excluding hydrogens is 385 g/mol. The number of alkyl halides is 3. The summed E-state index contributed by atoms with van der Waals surface area (Å²) >= 11 is 0. The standard InChI is InChI=1S/C20H19F3N4O2/c21-20(22,23)14-5-6-18(24-11-14)29-15-7-9-26(10-8-15)19(28)12-27-13-25-16-3-1-2-4-17(16)27/h1-6,11,13,15H,7-10,12H2. The summed E-state index contributed by atoms with van der Waals surface area (Å²) in [7, 11) is 0. The lowest BCUT2D eigenvalue weighted by atomic mass is 10.1. The van der Waals surface area contributed by atoms with E-state index in [2.05, 4.69) is 9.97 Å². The van der Waals surface area contributed by atoms with E-state index in [1.807, 2.05) is 28.8 Å². The van der Waals surface area contributed by atoms with Gasteiger partial charge in [0.1, 0.15) is 12.6 Å². The molecule has 3 heterocycles. The maximum Gasteiger partial charge on any atom is 0.417 e. The van der Waals surface area contributed by atoms with E-state index in [-0.39, 0.29) is 24.4 Å². The number of carbonyl (C=O) groups is 1. The van der Waals surface area contributed by atoms with Crippen molar-refractivity contribution in [1.82, 2.24) is 19.4 Å². The highest BCUT2D eigenvalue weighted by atomic mass is 19.4. The number of hydrogen-bond donors (Lipinski definition) is 0. The fraction of sp³-hybridized carbons (Fsp3) is 0.350. The van der Waals surface area contributed by atoms with Gasteiger partial charge < -0.3 is 14.2 Å². The molecule has 0 unspecified atom stereocenters. The highest BCUT2D eigenvalue weighted by molar-refractivity contribution is 5.80. The third kappa shape index (κ3) is 4.33. The molecule has 0 saturated carbocycles. The van der Waals surface area contributed by atoms with Crippen molar-refractivity contribution in [1.29, 1.82) is 0 Å². The van der Waals surface area contributed by atoms with E-state index in [0.29, 0.717) is 25.9 Å². The number of carbonyl (C=O) groups excluding carboxylic acids is 1. The van der Waals surface area contributed by atoms with Crippen LogP contribution in [0.15, 0.2) is 48.9 Å². The van der Waals surface area contributed by atoms with E-state index >= 15 is 0 Å². The number of ether oxygens (including phenoxy) is 1. The van der Waals surface area contributed by atoms with Gasteiger partial charge in [-0.3, -0.25) is 4.79 Å². The Labute approximate surface area is 164 Å². The number of piperidine rings is 1. The van der Waals surface area contributed by atoms with Gasteiger partial charge in [0.15, 0.2) is 0 Å². The zero-order chi connectivity index (χ0) is 20.4. The van der Waals surface area contributed by atoms with Gasteiger partial charge in [0.25, 0.3) is 0 Å². The zero-order valence-corrected chi connectivity index (χ0v) is 15.5.